The van der Waals surface area contributed by atoms with Crippen molar-refractivity contribution in [1.82, 2.24) is 14.8 Å². The van der Waals surface area contributed by atoms with Gasteiger partial charge in [0.05, 0.1) is 17.0 Å². The Bertz CT molecular complexity index is 1670. The number of sulfonamides is 1. The van der Waals surface area contributed by atoms with Gasteiger partial charge in [-0.25, -0.2) is 27.0 Å². The Kier molecular flexibility index (Phi) is 12.4. The Morgan fingerprint density at radius 3 is 2.40 bits per heavy atom. The number of alkyl halides is 2. The zero-order valence-electron chi connectivity index (χ0n) is 26.3. The molecule has 0 radical (unpaired) electrons. The lowest BCUT2D eigenvalue weighted by Gasteiger charge is -2.38. The molecule has 3 aromatic rings. The first-order chi connectivity index (χ1) is 22.4. The van der Waals surface area contributed by atoms with E-state index in [2.05, 4.69) is 19.9 Å². The van der Waals surface area contributed by atoms with E-state index in [1.54, 1.807) is 29.3 Å². The molecule has 0 aliphatic carbocycles. The van der Waals surface area contributed by atoms with Crippen molar-refractivity contribution in [2.45, 2.75) is 58.5 Å². The van der Waals surface area contributed by atoms with Crippen LogP contribution in [0.4, 0.5) is 25.0 Å². The SMILES string of the molecule is CCCCN(C(=O)Nc1cc(C(N)=O)c(CF)cc1CF)C1CCN(Cc2ccc(Oc3ccc(NS(C)(=O)=O)cc3Cl)nc2)CC1. The second-order valence-electron chi connectivity index (χ2n) is 11.4. The predicted molar refractivity (Wildman–Crippen MR) is 178 cm³/mol. The molecule has 1 aromatic heterocycles. The number of ether oxygens (including phenoxy) is 1. The average Bonchev–Trinajstić information content (AvgIpc) is 3.03. The summed E-state index contributed by atoms with van der Waals surface area (Å²) in [4.78, 5) is 33.8. The summed E-state index contributed by atoms with van der Waals surface area (Å²) < 4.78 is 58.3. The highest BCUT2D eigenvalue weighted by molar-refractivity contribution is 7.92. The van der Waals surface area contributed by atoms with Crippen LogP contribution in [0.15, 0.2) is 48.7 Å². The number of rotatable bonds is 14. The van der Waals surface area contributed by atoms with Crippen LogP contribution in [0.3, 0.4) is 0 Å². The lowest BCUT2D eigenvalue weighted by Crippen LogP contribution is -2.49. The second-order valence-corrected chi connectivity index (χ2v) is 13.6. The van der Waals surface area contributed by atoms with Crippen molar-refractivity contribution in [3.63, 3.8) is 0 Å². The van der Waals surface area contributed by atoms with Gasteiger partial charge >= 0.3 is 6.03 Å². The summed E-state index contributed by atoms with van der Waals surface area (Å²) >= 11 is 6.27. The van der Waals surface area contributed by atoms with Gasteiger partial charge in [-0.15, -0.1) is 0 Å². The van der Waals surface area contributed by atoms with Crippen molar-refractivity contribution in [3.8, 4) is 11.6 Å². The number of nitrogens with one attached hydrogen (secondary N) is 2. The molecule has 254 valence electrons. The van der Waals surface area contributed by atoms with E-state index in [9.17, 15) is 26.8 Å². The van der Waals surface area contributed by atoms with Crippen molar-refractivity contribution in [2.75, 3.05) is 35.9 Å². The fraction of sp³-hybridized carbons (Fsp3) is 0.406. The number of carbonyl (C=O) groups is 2. The Balaban J connectivity index is 1.35. The van der Waals surface area contributed by atoms with Crippen molar-refractivity contribution >= 4 is 44.9 Å². The molecule has 2 aromatic carbocycles. The van der Waals surface area contributed by atoms with Gasteiger partial charge in [0.25, 0.3) is 0 Å². The molecule has 1 aliphatic heterocycles. The molecular formula is C32H39ClF2N6O5S. The number of nitrogens with two attached hydrogens (primary N) is 1. The first kappa shape index (κ1) is 35.8. The molecule has 4 N–H and O–H groups in total. The van der Waals surface area contributed by atoms with E-state index in [1.807, 2.05) is 13.0 Å². The van der Waals surface area contributed by atoms with Gasteiger partial charge in [0, 0.05) is 61.3 Å². The quantitative estimate of drug-likeness (QED) is 0.181. The van der Waals surface area contributed by atoms with Crippen molar-refractivity contribution in [2.24, 2.45) is 5.73 Å². The van der Waals surface area contributed by atoms with E-state index in [1.165, 1.54) is 18.2 Å². The van der Waals surface area contributed by atoms with Crippen LogP contribution < -0.4 is 20.5 Å². The number of urea groups is 1. The minimum absolute atomic E-state index is 0.0174. The van der Waals surface area contributed by atoms with Crippen LogP contribution in [0, 0.1) is 0 Å². The van der Waals surface area contributed by atoms with Crippen LogP contribution in [-0.2, 0) is 29.9 Å². The number of unbranched alkanes of at least 4 members (excludes halogenated alkanes) is 1. The number of halogens is 3. The first-order valence-electron chi connectivity index (χ1n) is 15.2. The predicted octanol–water partition coefficient (Wildman–Crippen LogP) is 6.24. The molecule has 0 spiro atoms. The number of piperidine rings is 1. The fourth-order valence-electron chi connectivity index (χ4n) is 5.41. The maximum absolute atomic E-state index is 13.8. The monoisotopic (exact) mass is 692 g/mol. The number of anilines is 2. The molecule has 1 saturated heterocycles. The molecule has 0 bridgehead atoms. The molecular weight excluding hydrogens is 654 g/mol. The molecule has 0 saturated carbocycles. The van der Waals surface area contributed by atoms with Crippen molar-refractivity contribution < 1.29 is 31.5 Å². The van der Waals surface area contributed by atoms with Gasteiger partial charge in [0.2, 0.25) is 21.8 Å². The van der Waals surface area contributed by atoms with Gasteiger partial charge in [-0.1, -0.05) is 31.0 Å². The highest BCUT2D eigenvalue weighted by Crippen LogP contribution is 2.32. The Morgan fingerprint density at radius 2 is 1.83 bits per heavy atom. The van der Waals surface area contributed by atoms with E-state index in [0.717, 1.165) is 50.6 Å². The van der Waals surface area contributed by atoms with Gasteiger partial charge in [-0.3, -0.25) is 14.4 Å². The van der Waals surface area contributed by atoms with Gasteiger partial charge in [0.1, 0.15) is 19.1 Å². The second kappa shape index (κ2) is 16.2. The number of pyridine rings is 1. The van der Waals surface area contributed by atoms with Gasteiger partial charge in [0.15, 0.2) is 0 Å². The summed E-state index contributed by atoms with van der Waals surface area (Å²) in [5.74, 6) is -0.198. The van der Waals surface area contributed by atoms with Crippen LogP contribution in [0.25, 0.3) is 0 Å². The lowest BCUT2D eigenvalue weighted by molar-refractivity contribution is 0.0998. The molecule has 1 fully saturated rings. The number of aromatic nitrogens is 1. The van der Waals surface area contributed by atoms with Crippen molar-refractivity contribution in [1.29, 1.82) is 0 Å². The number of hydrogen-bond donors (Lipinski definition) is 3. The van der Waals surface area contributed by atoms with Gasteiger partial charge in [-0.2, -0.15) is 0 Å². The normalized spacial score (nSPS) is 14.1. The largest absolute Gasteiger partial charge is 0.437 e. The number of primary amides is 1. The Morgan fingerprint density at radius 1 is 1.11 bits per heavy atom. The van der Waals surface area contributed by atoms with Gasteiger partial charge in [-0.05, 0) is 60.7 Å². The number of amides is 3. The zero-order valence-corrected chi connectivity index (χ0v) is 27.8. The summed E-state index contributed by atoms with van der Waals surface area (Å²) in [6.45, 7) is 2.72. The molecule has 15 heteroatoms. The van der Waals surface area contributed by atoms with E-state index >= 15 is 0 Å². The molecule has 3 amide bonds. The van der Waals surface area contributed by atoms with Gasteiger partial charge < -0.3 is 20.7 Å². The highest BCUT2D eigenvalue weighted by atomic mass is 35.5. The smallest absolute Gasteiger partial charge is 0.322 e. The van der Waals surface area contributed by atoms with Crippen LogP contribution in [-0.4, -0.2) is 67.1 Å². The number of likely N-dealkylation sites (tertiary alicyclic amines) is 1. The summed E-state index contributed by atoms with van der Waals surface area (Å²) in [6.07, 6.45) is 5.86. The first-order valence-corrected chi connectivity index (χ1v) is 17.4. The number of benzene rings is 2. The zero-order chi connectivity index (χ0) is 34.1. The van der Waals surface area contributed by atoms with Crippen LogP contribution in [0.5, 0.6) is 11.6 Å². The number of carbonyl (C=O) groups excluding carboxylic acids is 2. The van der Waals surface area contributed by atoms with E-state index < -0.39 is 35.3 Å². The van der Waals surface area contributed by atoms with Crippen LogP contribution >= 0.6 is 11.6 Å². The van der Waals surface area contributed by atoms with Crippen LogP contribution in [0.2, 0.25) is 5.02 Å². The maximum atomic E-state index is 13.8. The van der Waals surface area contributed by atoms with Crippen LogP contribution in [0.1, 0.15) is 59.7 Å². The van der Waals surface area contributed by atoms with E-state index in [0.29, 0.717) is 30.4 Å². The lowest BCUT2D eigenvalue weighted by atomic mass is 10.0. The standard InChI is InChI=1S/C32H39ClF2N6O5S/c1-3-4-11-41(32(43)38-28-16-26(31(36)42)22(17-34)14-23(28)18-35)25-9-12-40(13-10-25)20-21-5-8-30(37-19-21)46-29-7-6-24(15-27(29)33)39-47(2,44)45/h5-8,14-16,19,25,39H,3-4,9-13,17-18,20H2,1-2H3,(H2,36,42)(H,38,43). The molecule has 1 aliphatic rings. The minimum Gasteiger partial charge on any atom is -0.437 e. The van der Waals surface area contributed by atoms with E-state index in [4.69, 9.17) is 22.1 Å². The molecule has 0 unspecified atom stereocenters. The minimum atomic E-state index is -3.44. The Hall–Kier alpha value is -4.01. The molecule has 2 heterocycles. The molecule has 4 rings (SSSR count). The average molecular weight is 693 g/mol. The fourth-order valence-corrected chi connectivity index (χ4v) is 6.19. The molecule has 11 nitrogen and oxygen atoms in total. The summed E-state index contributed by atoms with van der Waals surface area (Å²) in [5, 5.41) is 2.97. The van der Waals surface area contributed by atoms with Crippen molar-refractivity contribution in [3.05, 3.63) is 75.9 Å². The third-order valence-electron chi connectivity index (χ3n) is 7.79. The summed E-state index contributed by atoms with van der Waals surface area (Å²) in [7, 11) is -3.44. The molecule has 0 atom stereocenters. The molecule has 47 heavy (non-hydrogen) atoms. The summed E-state index contributed by atoms with van der Waals surface area (Å²) in [5.41, 5.74) is 6.75. The number of hydrogen-bond acceptors (Lipinski definition) is 7. The topological polar surface area (TPSA) is 147 Å². The summed E-state index contributed by atoms with van der Waals surface area (Å²) in [6, 6.07) is 10.2. The third kappa shape index (κ3) is 9.99. The van der Waals surface area contributed by atoms with E-state index in [-0.39, 0.29) is 33.4 Å². The Labute approximate surface area is 278 Å². The number of nitrogens with zero attached hydrogens (tertiary/aromatic N) is 3. The maximum Gasteiger partial charge on any atom is 0.322 e. The third-order valence-corrected chi connectivity index (χ3v) is 8.69. The highest BCUT2D eigenvalue weighted by Gasteiger charge is 2.28.